The number of hydrogen-bond donors (Lipinski definition) is 1. The first-order chi connectivity index (χ1) is 11.6. The smallest absolute Gasteiger partial charge is 0.257 e. The van der Waals surface area contributed by atoms with Crippen LogP contribution in [0.3, 0.4) is 0 Å². The first kappa shape index (κ1) is 19.1. The van der Waals surface area contributed by atoms with E-state index in [4.69, 9.17) is 11.6 Å². The minimum Gasteiger partial charge on any atom is -0.346 e. The van der Waals surface area contributed by atoms with Crippen LogP contribution in [0.25, 0.3) is 0 Å². The summed E-state index contributed by atoms with van der Waals surface area (Å²) in [5.41, 5.74) is 3.48. The van der Waals surface area contributed by atoms with Crippen molar-refractivity contribution in [3.8, 4) is 0 Å². The van der Waals surface area contributed by atoms with Gasteiger partial charge in [-0.2, -0.15) is 0 Å². The topological polar surface area (TPSA) is 54.3 Å². The van der Waals surface area contributed by atoms with Crippen molar-refractivity contribution in [2.45, 2.75) is 33.7 Å². The third-order valence-corrected chi connectivity index (χ3v) is 4.44. The van der Waals surface area contributed by atoms with E-state index in [0.29, 0.717) is 21.8 Å². The summed E-state index contributed by atoms with van der Waals surface area (Å²) >= 11 is 6.11. The molecule has 0 unspecified atom stereocenters. The fourth-order valence-electron chi connectivity index (χ4n) is 3.01. The molecule has 1 N–H and O–H groups in total. The number of nitrogens with zero attached hydrogens (tertiary/aromatic N) is 2. The number of anilines is 1. The lowest BCUT2D eigenvalue weighted by atomic mass is 10.1. The van der Waals surface area contributed by atoms with Gasteiger partial charge in [-0.1, -0.05) is 11.6 Å². The van der Waals surface area contributed by atoms with Crippen molar-refractivity contribution in [3.63, 3.8) is 0 Å². The Labute approximate surface area is 153 Å². The lowest BCUT2D eigenvalue weighted by molar-refractivity contribution is 0.0827. The highest BCUT2D eigenvalue weighted by Gasteiger charge is 2.18. The third kappa shape index (κ3) is 3.87. The SMILES string of the molecule is Cc1cc(C(=O)Nc2ccc(Cl)c(C(=O)N(C)C)c2)c(C)n1C(C)C. The maximum Gasteiger partial charge on any atom is 0.257 e. The minimum atomic E-state index is -0.209. The van der Waals surface area contributed by atoms with E-state index in [2.05, 4.69) is 23.7 Å². The standard InChI is InChI=1S/C19H24ClN3O2/c1-11(2)23-12(3)9-15(13(23)4)18(24)21-14-7-8-17(20)16(10-14)19(25)22(5)6/h7-11H,1-6H3,(H,21,24). The number of hydrogen-bond acceptors (Lipinski definition) is 2. The predicted octanol–water partition coefficient (Wildman–Crippen LogP) is 4.29. The molecule has 5 nitrogen and oxygen atoms in total. The Morgan fingerprint density at radius 3 is 2.28 bits per heavy atom. The van der Waals surface area contributed by atoms with E-state index in [9.17, 15) is 9.59 Å². The van der Waals surface area contributed by atoms with Gasteiger partial charge in [-0.3, -0.25) is 9.59 Å². The van der Waals surface area contributed by atoms with Crippen LogP contribution >= 0.6 is 11.6 Å². The van der Waals surface area contributed by atoms with E-state index < -0.39 is 0 Å². The fourth-order valence-corrected chi connectivity index (χ4v) is 3.21. The first-order valence-corrected chi connectivity index (χ1v) is 8.52. The zero-order valence-electron chi connectivity index (χ0n) is 15.5. The number of carbonyl (C=O) groups is 2. The summed E-state index contributed by atoms with van der Waals surface area (Å²) in [6.45, 7) is 8.09. The maximum absolute atomic E-state index is 12.7. The second-order valence-corrected chi connectivity index (χ2v) is 7.00. The molecule has 0 saturated carbocycles. The Hall–Kier alpha value is -2.27. The molecule has 0 saturated heterocycles. The van der Waals surface area contributed by atoms with Crippen molar-refractivity contribution in [2.75, 3.05) is 19.4 Å². The van der Waals surface area contributed by atoms with E-state index in [0.717, 1.165) is 11.4 Å². The van der Waals surface area contributed by atoms with Crippen molar-refractivity contribution < 1.29 is 9.59 Å². The van der Waals surface area contributed by atoms with Gasteiger partial charge < -0.3 is 14.8 Å². The number of carbonyl (C=O) groups excluding carboxylic acids is 2. The Kier molecular flexibility index (Phi) is 5.58. The normalized spacial score (nSPS) is 10.9. The molecular formula is C19H24ClN3O2. The summed E-state index contributed by atoms with van der Waals surface area (Å²) in [6, 6.07) is 7.07. The summed E-state index contributed by atoms with van der Waals surface area (Å²) in [7, 11) is 3.31. The molecule has 0 aliphatic carbocycles. The number of aryl methyl sites for hydroxylation is 1. The molecule has 6 heteroatoms. The fraction of sp³-hybridized carbons (Fsp3) is 0.368. The average Bonchev–Trinajstić information content (AvgIpc) is 2.83. The van der Waals surface area contributed by atoms with E-state index in [1.165, 1.54) is 4.90 Å². The summed E-state index contributed by atoms with van der Waals surface area (Å²) in [5, 5.41) is 3.21. The quantitative estimate of drug-likeness (QED) is 0.882. The second-order valence-electron chi connectivity index (χ2n) is 6.60. The largest absolute Gasteiger partial charge is 0.346 e. The molecule has 1 aromatic heterocycles. The minimum absolute atomic E-state index is 0.203. The monoisotopic (exact) mass is 361 g/mol. The van der Waals surface area contributed by atoms with Gasteiger partial charge in [-0.25, -0.2) is 0 Å². The number of aromatic nitrogens is 1. The van der Waals surface area contributed by atoms with Crippen LogP contribution in [0.2, 0.25) is 5.02 Å². The van der Waals surface area contributed by atoms with Crippen LogP contribution in [-0.2, 0) is 0 Å². The van der Waals surface area contributed by atoms with Gasteiger partial charge in [0.2, 0.25) is 0 Å². The lowest BCUT2D eigenvalue weighted by Crippen LogP contribution is -2.22. The molecule has 0 aliphatic rings. The Morgan fingerprint density at radius 2 is 1.76 bits per heavy atom. The first-order valence-electron chi connectivity index (χ1n) is 8.14. The van der Waals surface area contributed by atoms with Gasteiger partial charge in [0.25, 0.3) is 11.8 Å². The van der Waals surface area contributed by atoms with E-state index in [1.54, 1.807) is 32.3 Å². The van der Waals surface area contributed by atoms with Crippen molar-refractivity contribution in [3.05, 3.63) is 51.8 Å². The van der Waals surface area contributed by atoms with E-state index in [-0.39, 0.29) is 17.9 Å². The zero-order chi connectivity index (χ0) is 18.9. The highest BCUT2D eigenvalue weighted by molar-refractivity contribution is 6.34. The predicted molar refractivity (Wildman–Crippen MR) is 102 cm³/mol. The molecule has 0 radical (unpaired) electrons. The molecule has 0 aliphatic heterocycles. The van der Waals surface area contributed by atoms with Gasteiger partial charge >= 0.3 is 0 Å². The molecule has 2 rings (SSSR count). The molecule has 0 atom stereocenters. The van der Waals surface area contributed by atoms with Gasteiger partial charge in [0.1, 0.15) is 0 Å². The highest BCUT2D eigenvalue weighted by Crippen LogP contribution is 2.24. The maximum atomic E-state index is 12.7. The Morgan fingerprint density at radius 1 is 1.12 bits per heavy atom. The van der Waals surface area contributed by atoms with Crippen molar-refractivity contribution in [1.82, 2.24) is 9.47 Å². The lowest BCUT2D eigenvalue weighted by Gasteiger charge is -2.14. The van der Waals surface area contributed by atoms with Gasteiger partial charge in [0, 0.05) is 37.2 Å². The van der Waals surface area contributed by atoms with Crippen LogP contribution in [0.5, 0.6) is 0 Å². The Balaban J connectivity index is 2.32. The number of amides is 2. The molecule has 1 aromatic carbocycles. The highest BCUT2D eigenvalue weighted by atomic mass is 35.5. The van der Waals surface area contributed by atoms with E-state index in [1.807, 2.05) is 19.9 Å². The molecular weight excluding hydrogens is 338 g/mol. The third-order valence-electron chi connectivity index (χ3n) is 4.11. The van der Waals surface area contributed by atoms with Gasteiger partial charge in [0.15, 0.2) is 0 Å². The molecule has 0 bridgehead atoms. The van der Waals surface area contributed by atoms with Gasteiger partial charge in [0.05, 0.1) is 16.1 Å². The second kappa shape index (κ2) is 7.31. The zero-order valence-corrected chi connectivity index (χ0v) is 16.2. The molecule has 2 aromatic rings. The number of halogens is 1. The van der Waals surface area contributed by atoms with Gasteiger partial charge in [-0.15, -0.1) is 0 Å². The molecule has 0 fully saturated rings. The molecule has 1 heterocycles. The Bertz CT molecular complexity index is 822. The van der Waals surface area contributed by atoms with Crippen molar-refractivity contribution >= 4 is 29.1 Å². The van der Waals surface area contributed by atoms with Crippen LogP contribution in [0.15, 0.2) is 24.3 Å². The molecule has 0 spiro atoms. The molecule has 134 valence electrons. The number of benzene rings is 1. The summed E-state index contributed by atoms with van der Waals surface area (Å²) in [6.07, 6.45) is 0. The van der Waals surface area contributed by atoms with Crippen LogP contribution in [-0.4, -0.2) is 35.4 Å². The number of nitrogens with one attached hydrogen (secondary N) is 1. The van der Waals surface area contributed by atoms with Gasteiger partial charge in [-0.05, 0) is 52.0 Å². The van der Waals surface area contributed by atoms with Crippen LogP contribution in [0.1, 0.15) is 52.0 Å². The summed E-state index contributed by atoms with van der Waals surface area (Å²) < 4.78 is 2.12. The van der Waals surface area contributed by atoms with E-state index >= 15 is 0 Å². The molecule has 2 amide bonds. The summed E-state index contributed by atoms with van der Waals surface area (Å²) in [4.78, 5) is 26.3. The van der Waals surface area contributed by atoms with Crippen LogP contribution < -0.4 is 5.32 Å². The average molecular weight is 362 g/mol. The van der Waals surface area contributed by atoms with Crippen molar-refractivity contribution in [1.29, 1.82) is 0 Å². The molecule has 25 heavy (non-hydrogen) atoms. The summed E-state index contributed by atoms with van der Waals surface area (Å²) in [5.74, 6) is -0.412. The number of rotatable bonds is 4. The van der Waals surface area contributed by atoms with Crippen LogP contribution in [0, 0.1) is 13.8 Å². The van der Waals surface area contributed by atoms with Crippen molar-refractivity contribution in [2.24, 2.45) is 0 Å². The van der Waals surface area contributed by atoms with Crippen LogP contribution in [0.4, 0.5) is 5.69 Å².